The average Bonchev–Trinajstić information content (AvgIpc) is 3.36. The molecule has 5 heterocycles. The fraction of sp³-hybridized carbons (Fsp3) is 0.261. The molecule has 0 aliphatic carbocycles. The van der Waals surface area contributed by atoms with Crippen molar-refractivity contribution < 1.29 is 0 Å². The van der Waals surface area contributed by atoms with Crippen molar-refractivity contribution in [3.63, 3.8) is 0 Å². The summed E-state index contributed by atoms with van der Waals surface area (Å²) in [6, 6.07) is 6.01. The Balaban J connectivity index is 1.39. The van der Waals surface area contributed by atoms with Crippen LogP contribution in [0.25, 0.3) is 16.7 Å². The number of hydrogen-bond acceptors (Lipinski definition) is 7. The average molecular weight is 428 g/mol. The number of hydrogen-bond donors (Lipinski definition) is 2. The molecule has 9 heteroatoms. The fourth-order valence-corrected chi connectivity index (χ4v) is 3.97. The number of nitrogens with two attached hydrogens (primary N) is 1. The van der Waals surface area contributed by atoms with Gasteiger partial charge in [0.25, 0.3) is 0 Å². The van der Waals surface area contributed by atoms with Crippen LogP contribution in [0.3, 0.4) is 0 Å². The van der Waals surface area contributed by atoms with E-state index >= 15 is 0 Å². The summed E-state index contributed by atoms with van der Waals surface area (Å²) < 4.78 is 3.96. The first kappa shape index (κ1) is 19.9. The number of rotatable bonds is 6. The lowest BCUT2D eigenvalue weighted by atomic mass is 10.1. The molecule has 5 aromatic heterocycles. The van der Waals surface area contributed by atoms with Gasteiger partial charge in [0.1, 0.15) is 23.6 Å². The summed E-state index contributed by atoms with van der Waals surface area (Å²) >= 11 is 0. The summed E-state index contributed by atoms with van der Waals surface area (Å²) in [5, 5.41) is 8.94. The van der Waals surface area contributed by atoms with Gasteiger partial charge >= 0.3 is 0 Å². The van der Waals surface area contributed by atoms with Gasteiger partial charge in [-0.3, -0.25) is 4.68 Å². The molecule has 5 aromatic rings. The van der Waals surface area contributed by atoms with Crippen LogP contribution in [0.2, 0.25) is 0 Å². The molecule has 0 aromatic carbocycles. The summed E-state index contributed by atoms with van der Waals surface area (Å²) in [5.74, 6) is 1.28. The summed E-state index contributed by atoms with van der Waals surface area (Å²) in [4.78, 5) is 17.7. The number of imidazole rings is 1. The smallest absolute Gasteiger partial charge is 0.186 e. The van der Waals surface area contributed by atoms with E-state index < -0.39 is 0 Å². The van der Waals surface area contributed by atoms with E-state index in [0.29, 0.717) is 24.6 Å². The first-order valence-corrected chi connectivity index (χ1v) is 10.6. The van der Waals surface area contributed by atoms with Crippen LogP contribution in [-0.2, 0) is 19.5 Å². The zero-order valence-electron chi connectivity index (χ0n) is 18.4. The van der Waals surface area contributed by atoms with E-state index in [4.69, 9.17) is 5.73 Å². The quantitative estimate of drug-likeness (QED) is 0.428. The number of nitrogens with one attached hydrogen (secondary N) is 1. The Labute approximate surface area is 185 Å². The Morgan fingerprint density at radius 3 is 2.75 bits per heavy atom. The Hall–Kier alpha value is -4.01. The molecule has 5 rings (SSSR count). The molecular formula is C23H25N9. The highest BCUT2D eigenvalue weighted by Crippen LogP contribution is 2.21. The maximum atomic E-state index is 5.85. The summed E-state index contributed by atoms with van der Waals surface area (Å²) in [6.45, 7) is 7.34. The van der Waals surface area contributed by atoms with Crippen molar-refractivity contribution in [2.24, 2.45) is 0 Å². The van der Waals surface area contributed by atoms with Crippen molar-refractivity contribution in [1.29, 1.82) is 0 Å². The van der Waals surface area contributed by atoms with E-state index in [0.717, 1.165) is 51.4 Å². The third-order valence-electron chi connectivity index (χ3n) is 5.64. The van der Waals surface area contributed by atoms with E-state index in [1.54, 1.807) is 0 Å². The predicted octanol–water partition coefficient (Wildman–Crippen LogP) is 3.29. The van der Waals surface area contributed by atoms with E-state index in [1.807, 2.05) is 36.9 Å². The summed E-state index contributed by atoms with van der Waals surface area (Å²) in [6.07, 6.45) is 8.60. The molecule has 0 saturated carbocycles. The van der Waals surface area contributed by atoms with E-state index in [9.17, 15) is 0 Å². The lowest BCUT2D eigenvalue weighted by molar-refractivity contribution is 0.690. The van der Waals surface area contributed by atoms with Gasteiger partial charge in [-0.15, -0.1) is 0 Å². The second-order valence-electron chi connectivity index (χ2n) is 7.96. The zero-order chi connectivity index (χ0) is 22.2. The van der Waals surface area contributed by atoms with Gasteiger partial charge in [0.15, 0.2) is 5.65 Å². The molecule has 0 fully saturated rings. The lowest BCUT2D eigenvalue weighted by Crippen LogP contribution is -2.08. The van der Waals surface area contributed by atoms with Crippen molar-refractivity contribution in [1.82, 2.24) is 34.1 Å². The second-order valence-corrected chi connectivity index (χ2v) is 7.96. The zero-order valence-corrected chi connectivity index (χ0v) is 18.4. The number of fused-ring (bicyclic) bond motifs is 2. The number of aromatic nitrogens is 7. The van der Waals surface area contributed by atoms with E-state index in [1.165, 1.54) is 6.33 Å². The Morgan fingerprint density at radius 1 is 1.06 bits per heavy atom. The molecule has 9 nitrogen and oxygen atoms in total. The molecule has 0 radical (unpaired) electrons. The molecule has 32 heavy (non-hydrogen) atoms. The molecular weight excluding hydrogens is 402 g/mol. The van der Waals surface area contributed by atoms with E-state index in [-0.39, 0.29) is 0 Å². The molecule has 0 spiro atoms. The van der Waals surface area contributed by atoms with Crippen molar-refractivity contribution in [2.75, 3.05) is 11.1 Å². The molecule has 0 unspecified atom stereocenters. The molecule has 0 aliphatic rings. The number of anilines is 2. The van der Waals surface area contributed by atoms with Crippen molar-refractivity contribution in [2.45, 2.75) is 40.3 Å². The highest BCUT2D eigenvalue weighted by Gasteiger charge is 2.11. The van der Waals surface area contributed by atoms with Gasteiger partial charge in [0.2, 0.25) is 0 Å². The summed E-state index contributed by atoms with van der Waals surface area (Å²) in [7, 11) is 0. The van der Waals surface area contributed by atoms with Gasteiger partial charge in [0.05, 0.1) is 17.6 Å². The number of nitrogens with zero attached hydrogens (tertiary/aromatic N) is 7. The minimum absolute atomic E-state index is 0.536. The van der Waals surface area contributed by atoms with Gasteiger partial charge in [-0.05, 0) is 49.1 Å². The van der Waals surface area contributed by atoms with Gasteiger partial charge in [-0.1, -0.05) is 13.0 Å². The van der Waals surface area contributed by atoms with Crippen LogP contribution in [0.15, 0.2) is 43.1 Å². The topological polar surface area (TPSA) is 112 Å². The van der Waals surface area contributed by atoms with E-state index in [2.05, 4.69) is 60.1 Å². The van der Waals surface area contributed by atoms with Gasteiger partial charge in [0, 0.05) is 30.8 Å². The SMILES string of the molecule is CCc1cn2cc(Cn3cc4c(NCc5c(C)cc(N)nc5C)ncnc4n3)ccc2n1. The number of pyridine rings is 2. The van der Waals surface area contributed by atoms with Gasteiger partial charge in [-0.2, -0.15) is 5.10 Å². The first-order chi connectivity index (χ1) is 15.5. The molecule has 0 bridgehead atoms. The molecule has 0 saturated heterocycles. The summed E-state index contributed by atoms with van der Waals surface area (Å²) in [5.41, 5.74) is 12.8. The fourth-order valence-electron chi connectivity index (χ4n) is 3.97. The highest BCUT2D eigenvalue weighted by atomic mass is 15.3. The maximum Gasteiger partial charge on any atom is 0.186 e. The van der Waals surface area contributed by atoms with Crippen LogP contribution in [0.5, 0.6) is 0 Å². The maximum absolute atomic E-state index is 5.85. The first-order valence-electron chi connectivity index (χ1n) is 10.6. The molecule has 0 amide bonds. The monoisotopic (exact) mass is 427 g/mol. The van der Waals surface area contributed by atoms with Gasteiger partial charge < -0.3 is 15.5 Å². The largest absolute Gasteiger partial charge is 0.384 e. The third-order valence-corrected chi connectivity index (χ3v) is 5.64. The number of nitrogen functional groups attached to an aromatic ring is 1. The Morgan fingerprint density at radius 2 is 1.94 bits per heavy atom. The van der Waals surface area contributed by atoms with Gasteiger partial charge in [-0.25, -0.2) is 19.9 Å². The van der Waals surface area contributed by atoms with Crippen LogP contribution in [0.1, 0.15) is 35.0 Å². The molecule has 0 atom stereocenters. The predicted molar refractivity (Wildman–Crippen MR) is 124 cm³/mol. The molecule has 162 valence electrons. The van der Waals surface area contributed by atoms with Crippen LogP contribution < -0.4 is 11.1 Å². The number of aryl methyl sites for hydroxylation is 3. The molecule has 3 N–H and O–H groups in total. The van der Waals surface area contributed by atoms with Crippen LogP contribution in [-0.4, -0.2) is 34.1 Å². The standard InChI is InChI=1S/C23H25N9/c1-4-17-11-31-9-16(5-6-21(31)29-17)10-32-12-19-22(26-13-27-23(19)30-32)25-8-18-14(2)7-20(24)28-15(18)3/h5-7,9,11-13H,4,8,10H2,1-3H3,(H2,24,28)(H,25,26,27,30). The van der Waals surface area contributed by atoms with Crippen LogP contribution in [0, 0.1) is 13.8 Å². The van der Waals surface area contributed by atoms with Crippen molar-refractivity contribution in [3.8, 4) is 0 Å². The Bertz CT molecular complexity index is 1410. The molecule has 0 aliphatic heterocycles. The second kappa shape index (κ2) is 7.92. The van der Waals surface area contributed by atoms with Crippen molar-refractivity contribution in [3.05, 3.63) is 71.2 Å². The van der Waals surface area contributed by atoms with Crippen molar-refractivity contribution >= 4 is 28.3 Å². The van der Waals surface area contributed by atoms with Crippen LogP contribution in [0.4, 0.5) is 11.6 Å². The Kier molecular flexibility index (Phi) is 4.93. The minimum Gasteiger partial charge on any atom is -0.384 e. The van der Waals surface area contributed by atoms with Crippen LogP contribution >= 0.6 is 0 Å². The minimum atomic E-state index is 0.536. The highest BCUT2D eigenvalue weighted by molar-refractivity contribution is 5.85. The third kappa shape index (κ3) is 3.73. The lowest BCUT2D eigenvalue weighted by Gasteiger charge is -2.12. The normalized spacial score (nSPS) is 11.5.